The summed E-state index contributed by atoms with van der Waals surface area (Å²) < 4.78 is 26.4. The quantitative estimate of drug-likeness (QED) is 0.402. The number of carboxylic acid groups (broad SMARTS) is 1. The third kappa shape index (κ3) is 4.03. The predicted octanol–water partition coefficient (Wildman–Crippen LogP) is 6.07. The molecule has 1 aromatic heterocycles. The molecule has 1 saturated carbocycles. The highest BCUT2D eigenvalue weighted by molar-refractivity contribution is 6.33. The summed E-state index contributed by atoms with van der Waals surface area (Å²) in [4.78, 5) is 26.7. The Bertz CT molecular complexity index is 1340. The molecule has 186 valence electrons. The van der Waals surface area contributed by atoms with Crippen LogP contribution in [0.5, 0.6) is 0 Å². The number of fused-ring (bicyclic) bond motifs is 2. The Morgan fingerprint density at radius 3 is 2.44 bits per heavy atom. The van der Waals surface area contributed by atoms with Crippen LogP contribution in [0.2, 0.25) is 5.02 Å². The van der Waals surface area contributed by atoms with E-state index in [0.717, 1.165) is 31.7 Å². The van der Waals surface area contributed by atoms with Crippen LogP contribution in [0.15, 0.2) is 47.0 Å². The van der Waals surface area contributed by atoms with E-state index in [1.54, 1.807) is 12.1 Å². The number of anilines is 1. The van der Waals surface area contributed by atoms with Crippen molar-refractivity contribution in [1.29, 1.82) is 0 Å². The number of rotatable bonds is 6. The number of carboxylic acids is 1. The SMILES string of the molecule is O=C(O)c1ccc(N2[C@@H]3CC[C@H]2C[C@@H](OC(=O)c2c(-c4ccccc4Cl)noc2C2CC2)C3)c(F)c1. The molecule has 3 heterocycles. The minimum Gasteiger partial charge on any atom is -0.478 e. The first kappa shape index (κ1) is 23.0. The maximum atomic E-state index is 14.8. The van der Waals surface area contributed by atoms with E-state index < -0.39 is 17.8 Å². The summed E-state index contributed by atoms with van der Waals surface area (Å²) in [6.07, 6.45) is 4.38. The summed E-state index contributed by atoms with van der Waals surface area (Å²) in [6, 6.07) is 11.2. The second kappa shape index (κ2) is 8.92. The molecule has 0 radical (unpaired) electrons. The molecule has 1 N–H and O–H groups in total. The third-order valence-electron chi connectivity index (χ3n) is 7.44. The fraction of sp³-hybridized carbons (Fsp3) is 0.370. The summed E-state index contributed by atoms with van der Waals surface area (Å²) in [7, 11) is 0. The molecular weight excluding hydrogens is 487 g/mol. The largest absolute Gasteiger partial charge is 0.478 e. The minimum absolute atomic E-state index is 0.000133. The van der Waals surface area contributed by atoms with Crippen LogP contribution in [0, 0.1) is 5.82 Å². The smallest absolute Gasteiger partial charge is 0.344 e. The molecule has 3 fully saturated rings. The number of ether oxygens (including phenoxy) is 1. The molecule has 3 aromatic rings. The molecule has 36 heavy (non-hydrogen) atoms. The number of esters is 1. The van der Waals surface area contributed by atoms with Crippen LogP contribution < -0.4 is 4.90 Å². The van der Waals surface area contributed by atoms with Crippen LogP contribution in [0.1, 0.15) is 70.9 Å². The van der Waals surface area contributed by atoms with E-state index in [9.17, 15) is 14.0 Å². The molecule has 0 unspecified atom stereocenters. The average molecular weight is 511 g/mol. The van der Waals surface area contributed by atoms with Crippen molar-refractivity contribution in [1.82, 2.24) is 5.16 Å². The van der Waals surface area contributed by atoms with Gasteiger partial charge in [0.05, 0.1) is 16.3 Å². The Hall–Kier alpha value is -3.39. The van der Waals surface area contributed by atoms with Crippen molar-refractivity contribution in [3.8, 4) is 11.3 Å². The molecule has 1 aliphatic carbocycles. The van der Waals surface area contributed by atoms with Gasteiger partial charge in [-0.3, -0.25) is 0 Å². The minimum atomic E-state index is -1.16. The van der Waals surface area contributed by atoms with Crippen molar-refractivity contribution in [3.05, 3.63) is 70.2 Å². The van der Waals surface area contributed by atoms with E-state index >= 15 is 0 Å². The molecule has 0 spiro atoms. The number of hydrogen-bond donors (Lipinski definition) is 1. The molecular formula is C27H24ClFN2O5. The molecule has 2 bridgehead atoms. The van der Waals surface area contributed by atoms with E-state index in [1.807, 2.05) is 17.0 Å². The van der Waals surface area contributed by atoms with Crippen LogP contribution in [-0.4, -0.2) is 40.4 Å². The first-order chi connectivity index (χ1) is 17.4. The fourth-order valence-corrected chi connectivity index (χ4v) is 5.86. The topological polar surface area (TPSA) is 92.9 Å². The van der Waals surface area contributed by atoms with Gasteiger partial charge in [0.2, 0.25) is 0 Å². The van der Waals surface area contributed by atoms with Crippen molar-refractivity contribution in [2.24, 2.45) is 0 Å². The number of piperidine rings is 1. The van der Waals surface area contributed by atoms with Gasteiger partial charge in [-0.15, -0.1) is 0 Å². The number of aromatic nitrogens is 1. The van der Waals surface area contributed by atoms with Crippen molar-refractivity contribution >= 4 is 29.2 Å². The van der Waals surface area contributed by atoms with Crippen molar-refractivity contribution in [3.63, 3.8) is 0 Å². The number of aromatic carboxylic acids is 1. The Balaban J connectivity index is 1.23. The zero-order chi connectivity index (χ0) is 25.0. The predicted molar refractivity (Wildman–Crippen MR) is 130 cm³/mol. The summed E-state index contributed by atoms with van der Waals surface area (Å²) in [5.41, 5.74) is 1.68. The Kier molecular flexibility index (Phi) is 5.71. The van der Waals surface area contributed by atoms with Crippen LogP contribution in [-0.2, 0) is 4.74 Å². The zero-order valence-electron chi connectivity index (χ0n) is 19.3. The number of hydrogen-bond acceptors (Lipinski definition) is 6. The van der Waals surface area contributed by atoms with Gasteiger partial charge < -0.3 is 19.3 Å². The lowest BCUT2D eigenvalue weighted by atomic mass is 9.98. The number of benzene rings is 2. The first-order valence-corrected chi connectivity index (χ1v) is 12.5. The molecule has 7 nitrogen and oxygen atoms in total. The monoisotopic (exact) mass is 510 g/mol. The van der Waals surface area contributed by atoms with E-state index in [0.29, 0.717) is 46.1 Å². The van der Waals surface area contributed by atoms with Gasteiger partial charge in [0.15, 0.2) is 5.76 Å². The highest BCUT2D eigenvalue weighted by atomic mass is 35.5. The van der Waals surface area contributed by atoms with E-state index in [-0.39, 0.29) is 29.7 Å². The highest BCUT2D eigenvalue weighted by Crippen LogP contribution is 2.46. The van der Waals surface area contributed by atoms with Gasteiger partial charge in [-0.25, -0.2) is 14.0 Å². The number of halogens is 2. The second-order valence-corrected chi connectivity index (χ2v) is 10.2. The molecule has 2 aliphatic heterocycles. The maximum absolute atomic E-state index is 14.8. The van der Waals surface area contributed by atoms with Gasteiger partial charge in [-0.05, 0) is 49.9 Å². The number of nitrogens with zero attached hydrogens (tertiary/aromatic N) is 2. The highest BCUT2D eigenvalue weighted by Gasteiger charge is 2.44. The Labute approximate surface area is 211 Å². The summed E-state index contributed by atoms with van der Waals surface area (Å²) in [5, 5.41) is 13.8. The average Bonchev–Trinajstić information content (AvgIpc) is 3.55. The fourth-order valence-electron chi connectivity index (χ4n) is 5.64. The van der Waals surface area contributed by atoms with E-state index in [4.69, 9.17) is 26.0 Å². The van der Waals surface area contributed by atoms with Crippen molar-refractivity contribution in [2.45, 2.75) is 62.6 Å². The lowest BCUT2D eigenvalue weighted by Gasteiger charge is -2.40. The summed E-state index contributed by atoms with van der Waals surface area (Å²) in [6.45, 7) is 0. The third-order valence-corrected chi connectivity index (χ3v) is 7.77. The summed E-state index contributed by atoms with van der Waals surface area (Å²) in [5.74, 6) is -1.47. The molecule has 9 heteroatoms. The maximum Gasteiger partial charge on any atom is 0.344 e. The van der Waals surface area contributed by atoms with Crippen LogP contribution in [0.4, 0.5) is 10.1 Å². The number of carbonyl (C=O) groups excluding carboxylic acids is 1. The molecule has 2 aromatic carbocycles. The molecule has 3 aliphatic rings. The van der Waals surface area contributed by atoms with Gasteiger partial charge >= 0.3 is 11.9 Å². The second-order valence-electron chi connectivity index (χ2n) is 9.79. The van der Waals surface area contributed by atoms with Gasteiger partial charge in [-0.2, -0.15) is 0 Å². The van der Waals surface area contributed by atoms with E-state index in [2.05, 4.69) is 5.16 Å². The zero-order valence-corrected chi connectivity index (χ0v) is 20.1. The number of carbonyl (C=O) groups is 2. The Morgan fingerprint density at radius 1 is 1.08 bits per heavy atom. The van der Waals surface area contributed by atoms with Crippen LogP contribution in [0.3, 0.4) is 0 Å². The molecule has 2 saturated heterocycles. The standard InChI is InChI=1S/C27H24ClFN2O5/c28-20-4-2-1-3-19(20)24-23(25(36-30-24)14-5-6-14)27(34)35-18-12-16-8-9-17(13-18)31(16)22-10-7-15(26(32)33)11-21(22)29/h1-4,7,10-11,14,16-18H,5-6,8-9,12-13H2,(H,32,33)/t16-,17+,18+. The van der Waals surface area contributed by atoms with Crippen LogP contribution >= 0.6 is 11.6 Å². The van der Waals surface area contributed by atoms with Gasteiger partial charge in [0.25, 0.3) is 0 Å². The van der Waals surface area contributed by atoms with Gasteiger partial charge in [-0.1, -0.05) is 35.0 Å². The Morgan fingerprint density at radius 2 is 1.81 bits per heavy atom. The van der Waals surface area contributed by atoms with Crippen molar-refractivity contribution in [2.75, 3.05) is 4.90 Å². The van der Waals surface area contributed by atoms with Crippen LogP contribution in [0.25, 0.3) is 11.3 Å². The molecule has 6 rings (SSSR count). The first-order valence-electron chi connectivity index (χ1n) is 12.2. The van der Waals surface area contributed by atoms with Crippen molar-refractivity contribution < 1.29 is 28.3 Å². The lowest BCUT2D eigenvalue weighted by Crippen LogP contribution is -2.46. The van der Waals surface area contributed by atoms with E-state index in [1.165, 1.54) is 12.1 Å². The van der Waals surface area contributed by atoms with Gasteiger partial charge in [0.1, 0.15) is 23.2 Å². The molecule has 3 atom stereocenters. The summed E-state index contributed by atoms with van der Waals surface area (Å²) >= 11 is 6.39. The molecule has 0 amide bonds. The van der Waals surface area contributed by atoms with Gasteiger partial charge in [0, 0.05) is 36.4 Å². The lowest BCUT2D eigenvalue weighted by molar-refractivity contribution is 0.0202. The normalized spacial score (nSPS) is 23.1.